The van der Waals surface area contributed by atoms with Crippen molar-refractivity contribution in [2.75, 3.05) is 0 Å². The van der Waals surface area contributed by atoms with E-state index in [0.29, 0.717) is 26.9 Å². The van der Waals surface area contributed by atoms with Crippen LogP contribution in [-0.2, 0) is 0 Å². The number of rotatable bonds is 3. The van der Waals surface area contributed by atoms with Gasteiger partial charge in [-0.2, -0.15) is 0 Å². The SMILES string of the molecule is CC(NC(=O)c1[nH]c2ccc(Cl)cc2c1Cl)c1nnc2ccccn12. The van der Waals surface area contributed by atoms with Crippen molar-refractivity contribution in [3.8, 4) is 0 Å². The van der Waals surface area contributed by atoms with Gasteiger partial charge in [0.15, 0.2) is 11.5 Å². The van der Waals surface area contributed by atoms with Crippen LogP contribution in [0.3, 0.4) is 0 Å². The highest BCUT2D eigenvalue weighted by atomic mass is 35.5. The molecule has 4 rings (SSSR count). The van der Waals surface area contributed by atoms with Crippen LogP contribution in [0.1, 0.15) is 29.3 Å². The number of aromatic nitrogens is 4. The summed E-state index contributed by atoms with van der Waals surface area (Å²) in [6.45, 7) is 1.84. The largest absolute Gasteiger partial charge is 0.349 e. The van der Waals surface area contributed by atoms with E-state index in [1.807, 2.05) is 35.7 Å². The Morgan fingerprint density at radius 1 is 1.24 bits per heavy atom. The fourth-order valence-electron chi connectivity index (χ4n) is 2.78. The summed E-state index contributed by atoms with van der Waals surface area (Å²) in [6.07, 6.45) is 1.85. The Labute approximate surface area is 152 Å². The predicted octanol–water partition coefficient (Wildman–Crippen LogP) is 4.01. The number of aromatic amines is 1. The van der Waals surface area contributed by atoms with Crippen molar-refractivity contribution in [2.24, 2.45) is 0 Å². The van der Waals surface area contributed by atoms with Gasteiger partial charge >= 0.3 is 0 Å². The van der Waals surface area contributed by atoms with Crippen LogP contribution >= 0.6 is 23.2 Å². The summed E-state index contributed by atoms with van der Waals surface area (Å²) in [5.41, 5.74) is 1.76. The highest BCUT2D eigenvalue weighted by molar-refractivity contribution is 6.39. The van der Waals surface area contributed by atoms with Crippen LogP contribution in [0.15, 0.2) is 42.6 Å². The lowest BCUT2D eigenvalue weighted by atomic mass is 10.2. The van der Waals surface area contributed by atoms with Gasteiger partial charge in [-0.3, -0.25) is 9.20 Å². The van der Waals surface area contributed by atoms with E-state index in [-0.39, 0.29) is 11.9 Å². The summed E-state index contributed by atoms with van der Waals surface area (Å²) < 4.78 is 1.83. The molecule has 3 aromatic heterocycles. The molecule has 0 fully saturated rings. The molecule has 1 unspecified atom stereocenters. The minimum absolute atomic E-state index is 0.291. The molecule has 0 spiro atoms. The number of halogens is 2. The van der Waals surface area contributed by atoms with Gasteiger partial charge in [0, 0.05) is 22.1 Å². The molecule has 3 heterocycles. The number of nitrogens with zero attached hydrogens (tertiary/aromatic N) is 3. The topological polar surface area (TPSA) is 75.1 Å². The van der Waals surface area contributed by atoms with Crippen LogP contribution in [0.4, 0.5) is 0 Å². The van der Waals surface area contributed by atoms with Crippen molar-refractivity contribution in [1.29, 1.82) is 0 Å². The lowest BCUT2D eigenvalue weighted by Gasteiger charge is -2.11. The third kappa shape index (κ3) is 2.73. The van der Waals surface area contributed by atoms with Crippen LogP contribution < -0.4 is 5.32 Å². The van der Waals surface area contributed by atoms with Crippen molar-refractivity contribution in [2.45, 2.75) is 13.0 Å². The number of hydrogen-bond acceptors (Lipinski definition) is 3. The quantitative estimate of drug-likeness (QED) is 0.569. The summed E-state index contributed by atoms with van der Waals surface area (Å²) in [5.74, 6) is 0.316. The molecule has 2 N–H and O–H groups in total. The number of hydrogen-bond donors (Lipinski definition) is 2. The number of carbonyl (C=O) groups excluding carboxylic acids is 1. The van der Waals surface area contributed by atoms with Crippen LogP contribution in [0.2, 0.25) is 10.0 Å². The number of H-pyrrole nitrogens is 1. The minimum atomic E-state index is -0.351. The number of nitrogens with one attached hydrogen (secondary N) is 2. The van der Waals surface area contributed by atoms with E-state index >= 15 is 0 Å². The average Bonchev–Trinajstić information content (AvgIpc) is 3.17. The summed E-state index contributed by atoms with van der Waals surface area (Å²) in [6, 6.07) is 10.5. The van der Waals surface area contributed by atoms with Crippen molar-refractivity contribution >= 4 is 45.7 Å². The third-order valence-electron chi connectivity index (χ3n) is 4.00. The van der Waals surface area contributed by atoms with Gasteiger partial charge in [-0.1, -0.05) is 29.3 Å². The van der Waals surface area contributed by atoms with E-state index in [1.165, 1.54) is 0 Å². The Hall–Kier alpha value is -2.57. The first-order valence-corrected chi connectivity index (χ1v) is 8.37. The fourth-order valence-corrected chi connectivity index (χ4v) is 3.24. The van der Waals surface area contributed by atoms with Gasteiger partial charge in [-0.25, -0.2) is 0 Å². The average molecular weight is 374 g/mol. The number of carbonyl (C=O) groups is 1. The maximum atomic E-state index is 12.6. The molecule has 1 amide bonds. The first kappa shape index (κ1) is 15.9. The van der Waals surface area contributed by atoms with E-state index < -0.39 is 0 Å². The number of fused-ring (bicyclic) bond motifs is 2. The second-order valence-electron chi connectivity index (χ2n) is 5.69. The monoisotopic (exact) mass is 373 g/mol. The molecule has 0 saturated heterocycles. The van der Waals surface area contributed by atoms with Crippen molar-refractivity contribution < 1.29 is 4.79 Å². The van der Waals surface area contributed by atoms with Gasteiger partial charge in [-0.05, 0) is 37.3 Å². The van der Waals surface area contributed by atoms with Crippen molar-refractivity contribution in [3.05, 3.63) is 64.2 Å². The molecule has 0 bridgehead atoms. The molecule has 0 radical (unpaired) electrons. The number of pyridine rings is 1. The second kappa shape index (κ2) is 6.06. The molecule has 8 heteroatoms. The summed E-state index contributed by atoms with van der Waals surface area (Å²) >= 11 is 12.3. The molecule has 0 aliphatic carbocycles. The van der Waals surface area contributed by atoms with E-state index in [4.69, 9.17) is 23.2 Å². The maximum Gasteiger partial charge on any atom is 0.269 e. The molecular formula is C17H13Cl2N5O. The van der Waals surface area contributed by atoms with E-state index in [2.05, 4.69) is 20.5 Å². The molecule has 0 aliphatic rings. The molecule has 1 atom stereocenters. The molecule has 6 nitrogen and oxygen atoms in total. The van der Waals surface area contributed by atoms with Crippen LogP contribution in [0.25, 0.3) is 16.6 Å². The van der Waals surface area contributed by atoms with E-state index in [1.54, 1.807) is 18.2 Å². The van der Waals surface area contributed by atoms with Crippen LogP contribution in [0, 0.1) is 0 Å². The number of amides is 1. The minimum Gasteiger partial charge on any atom is -0.349 e. The smallest absolute Gasteiger partial charge is 0.269 e. The third-order valence-corrected chi connectivity index (χ3v) is 4.63. The highest BCUT2D eigenvalue weighted by Gasteiger charge is 2.21. The standard InChI is InChI=1S/C17H13Cl2N5O/c1-9(16-23-22-13-4-2-3-7-24(13)16)20-17(25)15-14(19)11-8-10(18)5-6-12(11)21-15/h2-9,21H,1H3,(H,20,25). The lowest BCUT2D eigenvalue weighted by molar-refractivity contribution is 0.0934. The molecule has 126 valence electrons. The second-order valence-corrected chi connectivity index (χ2v) is 6.50. The van der Waals surface area contributed by atoms with Crippen molar-refractivity contribution in [1.82, 2.24) is 24.9 Å². The molecular weight excluding hydrogens is 361 g/mol. The molecule has 0 aliphatic heterocycles. The van der Waals surface area contributed by atoms with Gasteiger partial charge in [0.05, 0.1) is 11.1 Å². The highest BCUT2D eigenvalue weighted by Crippen LogP contribution is 2.30. The van der Waals surface area contributed by atoms with Crippen molar-refractivity contribution in [3.63, 3.8) is 0 Å². The molecule has 4 aromatic rings. The first-order valence-electron chi connectivity index (χ1n) is 7.62. The zero-order chi connectivity index (χ0) is 17.6. The zero-order valence-corrected chi connectivity index (χ0v) is 14.6. The van der Waals surface area contributed by atoms with Gasteiger partial charge in [-0.15, -0.1) is 10.2 Å². The Balaban J connectivity index is 1.64. The predicted molar refractivity (Wildman–Crippen MR) is 97.2 cm³/mol. The molecule has 25 heavy (non-hydrogen) atoms. The van der Waals surface area contributed by atoms with Crippen LogP contribution in [-0.4, -0.2) is 25.5 Å². The Morgan fingerprint density at radius 2 is 2.08 bits per heavy atom. The Kier molecular flexibility index (Phi) is 3.86. The molecule has 0 saturated carbocycles. The molecule has 1 aromatic carbocycles. The van der Waals surface area contributed by atoms with Gasteiger partial charge in [0.2, 0.25) is 0 Å². The Bertz CT molecular complexity index is 1100. The van der Waals surface area contributed by atoms with Gasteiger partial charge < -0.3 is 10.3 Å². The summed E-state index contributed by atoms with van der Waals surface area (Å²) in [7, 11) is 0. The first-order chi connectivity index (χ1) is 12.0. The van der Waals surface area contributed by atoms with E-state index in [0.717, 1.165) is 11.2 Å². The normalized spacial score (nSPS) is 12.6. The van der Waals surface area contributed by atoms with Gasteiger partial charge in [0.1, 0.15) is 5.69 Å². The lowest BCUT2D eigenvalue weighted by Crippen LogP contribution is -2.28. The summed E-state index contributed by atoms with van der Waals surface area (Å²) in [5, 5.41) is 12.8. The van der Waals surface area contributed by atoms with Gasteiger partial charge in [0.25, 0.3) is 5.91 Å². The van der Waals surface area contributed by atoms with Crippen LogP contribution in [0.5, 0.6) is 0 Å². The van der Waals surface area contributed by atoms with E-state index in [9.17, 15) is 4.79 Å². The fraction of sp³-hybridized carbons (Fsp3) is 0.118. The Morgan fingerprint density at radius 3 is 2.92 bits per heavy atom. The zero-order valence-electron chi connectivity index (χ0n) is 13.1. The number of benzene rings is 1. The maximum absolute atomic E-state index is 12.6. The summed E-state index contributed by atoms with van der Waals surface area (Å²) in [4.78, 5) is 15.7.